The highest BCUT2D eigenvalue weighted by atomic mass is 35.5. The van der Waals surface area contributed by atoms with Crippen LogP contribution in [0.2, 0.25) is 0 Å². The lowest BCUT2D eigenvalue weighted by Crippen LogP contribution is -2.15. The number of carbonyl (C=O) groups is 1. The molecule has 1 aliphatic rings. The van der Waals surface area contributed by atoms with Crippen LogP contribution in [0.1, 0.15) is 33.7 Å². The van der Waals surface area contributed by atoms with Crippen molar-refractivity contribution in [1.29, 1.82) is 0 Å². The van der Waals surface area contributed by atoms with E-state index in [2.05, 4.69) is 10.4 Å². The summed E-state index contributed by atoms with van der Waals surface area (Å²) in [5.41, 5.74) is 9.42. The second kappa shape index (κ2) is 9.28. The van der Waals surface area contributed by atoms with Gasteiger partial charge in [-0.1, -0.05) is 6.07 Å². The highest BCUT2D eigenvalue weighted by molar-refractivity contribution is 6.04. The molecule has 6 nitrogen and oxygen atoms in total. The van der Waals surface area contributed by atoms with E-state index in [1.807, 2.05) is 13.0 Å². The maximum Gasteiger partial charge on any atom is 0.276 e. The molecular formula is C22H24ClFN4O2. The Hall–Kier alpha value is -2.90. The zero-order valence-corrected chi connectivity index (χ0v) is 17.5. The third-order valence-corrected chi connectivity index (χ3v) is 4.98. The minimum atomic E-state index is -0.345. The first-order chi connectivity index (χ1) is 14.1. The molecule has 0 aliphatic heterocycles. The summed E-state index contributed by atoms with van der Waals surface area (Å²) in [5, 5.41) is 7.34. The van der Waals surface area contributed by atoms with E-state index in [4.69, 9.17) is 10.5 Å². The first-order valence-electron chi connectivity index (χ1n) is 9.68. The Morgan fingerprint density at radius 2 is 2.00 bits per heavy atom. The van der Waals surface area contributed by atoms with Gasteiger partial charge >= 0.3 is 0 Å². The third-order valence-electron chi connectivity index (χ3n) is 4.98. The fourth-order valence-electron chi connectivity index (χ4n) is 3.60. The van der Waals surface area contributed by atoms with Crippen LogP contribution in [0, 0.1) is 12.7 Å². The molecule has 4 rings (SSSR count). The molecule has 0 bridgehead atoms. The number of aromatic nitrogens is 2. The maximum atomic E-state index is 14.5. The zero-order chi connectivity index (χ0) is 20.4. The second-order valence-corrected chi connectivity index (χ2v) is 7.11. The number of amides is 1. The van der Waals surface area contributed by atoms with Gasteiger partial charge in [-0.3, -0.25) is 4.79 Å². The Bertz CT molecular complexity index is 1050. The molecule has 2 aromatic carbocycles. The first kappa shape index (κ1) is 21.8. The lowest BCUT2D eigenvalue weighted by molar-refractivity contribution is 0.102. The van der Waals surface area contributed by atoms with Crippen LogP contribution in [0.5, 0.6) is 5.75 Å². The average Bonchev–Trinajstić information content (AvgIpc) is 3.30. The molecule has 30 heavy (non-hydrogen) atoms. The van der Waals surface area contributed by atoms with Gasteiger partial charge < -0.3 is 15.8 Å². The molecule has 0 unspecified atom stereocenters. The fourth-order valence-corrected chi connectivity index (χ4v) is 3.60. The van der Waals surface area contributed by atoms with Crippen molar-refractivity contribution in [3.63, 3.8) is 0 Å². The van der Waals surface area contributed by atoms with E-state index in [1.54, 1.807) is 35.0 Å². The van der Waals surface area contributed by atoms with E-state index in [9.17, 15) is 9.18 Å². The van der Waals surface area contributed by atoms with Gasteiger partial charge in [0.15, 0.2) is 5.69 Å². The van der Waals surface area contributed by atoms with Gasteiger partial charge in [0, 0.05) is 23.5 Å². The van der Waals surface area contributed by atoms with E-state index < -0.39 is 0 Å². The van der Waals surface area contributed by atoms with Gasteiger partial charge in [-0.2, -0.15) is 5.10 Å². The minimum Gasteiger partial charge on any atom is -0.492 e. The van der Waals surface area contributed by atoms with Gasteiger partial charge in [0.2, 0.25) is 0 Å². The molecule has 1 aromatic heterocycles. The average molecular weight is 431 g/mol. The standard InChI is InChI=1S/C22H23FN4O2.ClH/c1-14-5-10-20(18(23)13-14)27-19-4-2-3-17(19)21(26-27)22(28)25-15-6-8-16(9-7-15)29-12-11-24;/h5-10,13H,2-4,11-12,24H2,1H3,(H,25,28);1H. The SMILES string of the molecule is Cc1ccc(-n2nc(C(=O)Nc3ccc(OCCN)cc3)c3c2CCC3)c(F)c1.Cl. The molecule has 0 saturated carbocycles. The number of nitrogens with one attached hydrogen (secondary N) is 1. The number of nitrogens with zero attached hydrogens (tertiary/aromatic N) is 2. The summed E-state index contributed by atoms with van der Waals surface area (Å²) in [6.07, 6.45) is 2.46. The number of carbonyl (C=O) groups excluding carboxylic acids is 1. The number of hydrogen-bond donors (Lipinski definition) is 2. The summed E-state index contributed by atoms with van der Waals surface area (Å²) in [6.45, 7) is 2.71. The number of nitrogens with two attached hydrogens (primary N) is 1. The normalized spacial score (nSPS) is 12.2. The van der Waals surface area contributed by atoms with Gasteiger partial charge in [-0.15, -0.1) is 12.4 Å². The molecule has 8 heteroatoms. The Kier molecular flexibility index (Phi) is 6.74. The van der Waals surface area contributed by atoms with Crippen LogP contribution >= 0.6 is 12.4 Å². The van der Waals surface area contributed by atoms with Gasteiger partial charge in [0.25, 0.3) is 5.91 Å². The van der Waals surface area contributed by atoms with Crippen LogP contribution in [-0.2, 0) is 12.8 Å². The largest absolute Gasteiger partial charge is 0.492 e. The van der Waals surface area contributed by atoms with Crippen LogP contribution in [0.3, 0.4) is 0 Å². The smallest absolute Gasteiger partial charge is 0.276 e. The quantitative estimate of drug-likeness (QED) is 0.622. The molecule has 158 valence electrons. The van der Waals surface area contributed by atoms with Gasteiger partial charge in [0.1, 0.15) is 23.9 Å². The number of anilines is 1. The Morgan fingerprint density at radius 3 is 2.70 bits per heavy atom. The first-order valence-corrected chi connectivity index (χ1v) is 9.68. The monoisotopic (exact) mass is 430 g/mol. The molecule has 1 heterocycles. The van der Waals surface area contributed by atoms with E-state index in [0.29, 0.717) is 36.0 Å². The summed E-state index contributed by atoms with van der Waals surface area (Å²) in [5.74, 6) is 0.0423. The summed E-state index contributed by atoms with van der Waals surface area (Å²) in [6, 6.07) is 12.1. The van der Waals surface area contributed by atoms with Crippen LogP contribution in [0.25, 0.3) is 5.69 Å². The molecule has 3 N–H and O–H groups in total. The Labute approximate surface area is 180 Å². The highest BCUT2D eigenvalue weighted by Crippen LogP contribution is 2.29. The van der Waals surface area contributed by atoms with E-state index in [0.717, 1.165) is 36.1 Å². The van der Waals surface area contributed by atoms with Crippen LogP contribution in [-0.4, -0.2) is 28.8 Å². The lowest BCUT2D eigenvalue weighted by atomic mass is 10.2. The number of hydrogen-bond acceptors (Lipinski definition) is 4. The Balaban J connectivity index is 0.00000256. The predicted molar refractivity (Wildman–Crippen MR) is 116 cm³/mol. The van der Waals surface area contributed by atoms with Crippen molar-refractivity contribution in [2.75, 3.05) is 18.5 Å². The van der Waals surface area contributed by atoms with Crippen molar-refractivity contribution in [2.45, 2.75) is 26.2 Å². The lowest BCUT2D eigenvalue weighted by Gasteiger charge is -2.08. The van der Waals surface area contributed by atoms with E-state index in [-0.39, 0.29) is 24.1 Å². The second-order valence-electron chi connectivity index (χ2n) is 7.11. The zero-order valence-electron chi connectivity index (χ0n) is 16.7. The molecule has 0 atom stereocenters. The maximum absolute atomic E-state index is 14.5. The van der Waals surface area contributed by atoms with E-state index in [1.165, 1.54) is 6.07 Å². The fraction of sp³-hybridized carbons (Fsp3) is 0.273. The number of halogens is 2. The van der Waals surface area contributed by atoms with Gasteiger partial charge in [0.05, 0.1) is 0 Å². The predicted octanol–water partition coefficient (Wildman–Crippen LogP) is 3.82. The molecule has 0 spiro atoms. The molecule has 0 saturated heterocycles. The van der Waals surface area contributed by atoms with Crippen molar-refractivity contribution in [3.05, 3.63) is 70.8 Å². The number of benzene rings is 2. The number of rotatable bonds is 6. The topological polar surface area (TPSA) is 82.2 Å². The molecule has 0 radical (unpaired) electrons. The van der Waals surface area contributed by atoms with Gasteiger partial charge in [-0.05, 0) is 68.1 Å². The molecular weight excluding hydrogens is 407 g/mol. The van der Waals surface area contributed by atoms with Crippen molar-refractivity contribution in [3.8, 4) is 11.4 Å². The summed E-state index contributed by atoms with van der Waals surface area (Å²) < 4.78 is 21.5. The van der Waals surface area contributed by atoms with Crippen LogP contribution < -0.4 is 15.8 Å². The third kappa shape index (κ3) is 4.32. The van der Waals surface area contributed by atoms with Crippen molar-refractivity contribution in [2.24, 2.45) is 5.73 Å². The summed E-state index contributed by atoms with van der Waals surface area (Å²) in [7, 11) is 0. The molecule has 1 amide bonds. The van der Waals surface area contributed by atoms with Crippen molar-refractivity contribution in [1.82, 2.24) is 9.78 Å². The highest BCUT2D eigenvalue weighted by Gasteiger charge is 2.27. The Morgan fingerprint density at radius 1 is 1.23 bits per heavy atom. The number of aryl methyl sites for hydroxylation is 1. The number of ether oxygens (including phenoxy) is 1. The molecule has 0 fully saturated rings. The number of fused-ring (bicyclic) bond motifs is 1. The summed E-state index contributed by atoms with van der Waals surface area (Å²) in [4.78, 5) is 12.9. The molecule has 3 aromatic rings. The summed E-state index contributed by atoms with van der Waals surface area (Å²) >= 11 is 0. The van der Waals surface area contributed by atoms with E-state index >= 15 is 0 Å². The minimum absolute atomic E-state index is 0. The van der Waals surface area contributed by atoms with Gasteiger partial charge in [-0.25, -0.2) is 9.07 Å². The van der Waals surface area contributed by atoms with Crippen molar-refractivity contribution < 1.29 is 13.9 Å². The molecule has 1 aliphatic carbocycles. The van der Waals surface area contributed by atoms with Crippen molar-refractivity contribution >= 4 is 24.0 Å². The van der Waals surface area contributed by atoms with Crippen LogP contribution in [0.4, 0.5) is 10.1 Å². The van der Waals surface area contributed by atoms with Crippen LogP contribution in [0.15, 0.2) is 42.5 Å².